The Labute approximate surface area is 133 Å². The zero-order valence-electron chi connectivity index (χ0n) is 11.8. The number of pyridine rings is 1. The molecular formula is C16H15Cl2N3. The summed E-state index contributed by atoms with van der Waals surface area (Å²) < 4.78 is 2.13. The van der Waals surface area contributed by atoms with Crippen LogP contribution in [0.1, 0.15) is 11.1 Å². The third-order valence-electron chi connectivity index (χ3n) is 3.58. The summed E-state index contributed by atoms with van der Waals surface area (Å²) in [7, 11) is 2.05. The van der Waals surface area contributed by atoms with Crippen molar-refractivity contribution in [1.82, 2.24) is 9.55 Å². The summed E-state index contributed by atoms with van der Waals surface area (Å²) in [6, 6.07) is 10.1. The smallest absolute Gasteiger partial charge is 0.154 e. The number of hydrogen-bond donors (Lipinski definition) is 1. The molecule has 3 rings (SSSR count). The quantitative estimate of drug-likeness (QED) is 0.703. The highest BCUT2D eigenvalue weighted by Crippen LogP contribution is 2.28. The van der Waals surface area contributed by atoms with Gasteiger partial charge in [-0.3, -0.25) is 0 Å². The molecule has 0 bridgehead atoms. The second kappa shape index (κ2) is 5.58. The molecule has 0 aliphatic heterocycles. The van der Waals surface area contributed by atoms with E-state index in [1.54, 1.807) is 6.07 Å². The molecule has 21 heavy (non-hydrogen) atoms. The molecule has 0 fully saturated rings. The van der Waals surface area contributed by atoms with Crippen LogP contribution in [0.4, 0.5) is 5.69 Å². The van der Waals surface area contributed by atoms with Crippen molar-refractivity contribution in [3.63, 3.8) is 0 Å². The van der Waals surface area contributed by atoms with Crippen LogP contribution >= 0.6 is 23.2 Å². The number of hydrogen-bond acceptors (Lipinski definition) is 2. The number of anilines is 1. The summed E-state index contributed by atoms with van der Waals surface area (Å²) in [5, 5.41) is 5.42. The molecule has 2 aromatic heterocycles. The Morgan fingerprint density at radius 1 is 1.24 bits per heavy atom. The summed E-state index contributed by atoms with van der Waals surface area (Å²) in [5.74, 6) is 0. The number of rotatable bonds is 3. The van der Waals surface area contributed by atoms with Crippen LogP contribution in [-0.4, -0.2) is 9.55 Å². The van der Waals surface area contributed by atoms with Crippen molar-refractivity contribution in [2.75, 3.05) is 5.32 Å². The number of aromatic nitrogens is 2. The monoisotopic (exact) mass is 319 g/mol. The predicted molar refractivity (Wildman–Crippen MR) is 89.2 cm³/mol. The molecule has 0 saturated carbocycles. The Morgan fingerprint density at radius 2 is 2.00 bits per heavy atom. The van der Waals surface area contributed by atoms with Gasteiger partial charge in [-0.2, -0.15) is 0 Å². The lowest BCUT2D eigenvalue weighted by molar-refractivity contribution is 0.955. The van der Waals surface area contributed by atoms with Gasteiger partial charge < -0.3 is 9.88 Å². The lowest BCUT2D eigenvalue weighted by atomic mass is 10.1. The van der Waals surface area contributed by atoms with Crippen LogP contribution in [0.3, 0.4) is 0 Å². The van der Waals surface area contributed by atoms with Gasteiger partial charge in [0.05, 0.1) is 5.69 Å². The van der Waals surface area contributed by atoms with Gasteiger partial charge in [-0.25, -0.2) is 4.98 Å². The van der Waals surface area contributed by atoms with Gasteiger partial charge in [-0.15, -0.1) is 0 Å². The first-order valence-corrected chi connectivity index (χ1v) is 7.41. The second-order valence-corrected chi connectivity index (χ2v) is 5.81. The number of aryl methyl sites for hydroxylation is 2. The molecule has 0 aliphatic carbocycles. The summed E-state index contributed by atoms with van der Waals surface area (Å²) >= 11 is 12.1. The first-order chi connectivity index (χ1) is 10.1. The summed E-state index contributed by atoms with van der Waals surface area (Å²) in [6.07, 6.45) is 2.13. The van der Waals surface area contributed by atoms with Crippen LogP contribution in [0.15, 0.2) is 36.5 Å². The predicted octanol–water partition coefficient (Wildman–Crippen LogP) is 4.80. The molecule has 0 atom stereocenters. The summed E-state index contributed by atoms with van der Waals surface area (Å²) in [5.41, 5.74) is 4.25. The molecule has 3 aromatic rings. The van der Waals surface area contributed by atoms with Gasteiger partial charge in [0, 0.05) is 30.7 Å². The van der Waals surface area contributed by atoms with Gasteiger partial charge in [0.1, 0.15) is 5.15 Å². The van der Waals surface area contributed by atoms with Crippen LogP contribution in [0.25, 0.3) is 10.9 Å². The third-order valence-corrected chi connectivity index (χ3v) is 4.04. The molecule has 0 unspecified atom stereocenters. The van der Waals surface area contributed by atoms with Crippen molar-refractivity contribution >= 4 is 39.8 Å². The van der Waals surface area contributed by atoms with Crippen LogP contribution in [-0.2, 0) is 13.6 Å². The van der Waals surface area contributed by atoms with Gasteiger partial charge in [0.2, 0.25) is 0 Å². The van der Waals surface area contributed by atoms with E-state index in [9.17, 15) is 0 Å². The van der Waals surface area contributed by atoms with Crippen LogP contribution in [0, 0.1) is 6.92 Å². The Balaban J connectivity index is 1.91. The standard InChI is InChI=1S/C16H15Cl2N3/c1-10-7-14(17)20-16(18)15(10)19-8-11-9-21(2)13-6-4-3-5-12(11)13/h3-7,9,19H,8H2,1-2H3. The van der Waals surface area contributed by atoms with Gasteiger partial charge in [0.15, 0.2) is 5.15 Å². The zero-order chi connectivity index (χ0) is 15.0. The minimum absolute atomic E-state index is 0.403. The van der Waals surface area contributed by atoms with Crippen molar-refractivity contribution in [2.45, 2.75) is 13.5 Å². The molecule has 2 heterocycles. The molecule has 1 N–H and O–H groups in total. The van der Waals surface area contributed by atoms with E-state index in [2.05, 4.69) is 33.2 Å². The van der Waals surface area contributed by atoms with Crippen molar-refractivity contribution < 1.29 is 0 Å². The zero-order valence-corrected chi connectivity index (χ0v) is 13.3. The normalized spacial score (nSPS) is 11.0. The summed E-state index contributed by atoms with van der Waals surface area (Å²) in [6.45, 7) is 2.65. The maximum atomic E-state index is 6.16. The van der Waals surface area contributed by atoms with Crippen LogP contribution < -0.4 is 5.32 Å². The molecule has 0 radical (unpaired) electrons. The molecular weight excluding hydrogens is 305 g/mol. The molecule has 0 aliphatic rings. The molecule has 5 heteroatoms. The Bertz CT molecular complexity index is 785. The van der Waals surface area contributed by atoms with Gasteiger partial charge in [0.25, 0.3) is 0 Å². The van der Waals surface area contributed by atoms with Gasteiger partial charge >= 0.3 is 0 Å². The number of para-hydroxylation sites is 1. The molecule has 108 valence electrons. The van der Waals surface area contributed by atoms with Crippen molar-refractivity contribution in [3.05, 3.63) is 58.0 Å². The number of fused-ring (bicyclic) bond motifs is 1. The fourth-order valence-corrected chi connectivity index (χ4v) is 3.16. The van der Waals surface area contributed by atoms with Gasteiger partial charge in [-0.1, -0.05) is 41.4 Å². The topological polar surface area (TPSA) is 29.9 Å². The molecule has 0 amide bonds. The Kier molecular flexibility index (Phi) is 3.79. The molecule has 0 spiro atoms. The minimum Gasteiger partial charge on any atom is -0.378 e. The maximum Gasteiger partial charge on any atom is 0.154 e. The lowest BCUT2D eigenvalue weighted by Gasteiger charge is -2.11. The van der Waals surface area contributed by atoms with E-state index in [0.717, 1.165) is 11.3 Å². The maximum absolute atomic E-state index is 6.16. The van der Waals surface area contributed by atoms with E-state index >= 15 is 0 Å². The van der Waals surface area contributed by atoms with E-state index in [1.165, 1.54) is 16.5 Å². The summed E-state index contributed by atoms with van der Waals surface area (Å²) in [4.78, 5) is 4.08. The Morgan fingerprint density at radius 3 is 2.76 bits per heavy atom. The average Bonchev–Trinajstić information content (AvgIpc) is 2.75. The first kappa shape index (κ1) is 14.2. The van der Waals surface area contributed by atoms with E-state index in [1.807, 2.05) is 26.1 Å². The van der Waals surface area contributed by atoms with E-state index < -0.39 is 0 Å². The van der Waals surface area contributed by atoms with E-state index in [4.69, 9.17) is 23.2 Å². The fourth-order valence-electron chi connectivity index (χ4n) is 2.56. The highest BCUT2D eigenvalue weighted by atomic mass is 35.5. The lowest BCUT2D eigenvalue weighted by Crippen LogP contribution is -2.02. The molecule has 3 nitrogen and oxygen atoms in total. The van der Waals surface area contributed by atoms with E-state index in [0.29, 0.717) is 16.9 Å². The fraction of sp³-hybridized carbons (Fsp3) is 0.188. The average molecular weight is 320 g/mol. The highest BCUT2D eigenvalue weighted by molar-refractivity contribution is 6.34. The van der Waals surface area contributed by atoms with Crippen molar-refractivity contribution in [3.8, 4) is 0 Å². The van der Waals surface area contributed by atoms with Crippen LogP contribution in [0.5, 0.6) is 0 Å². The molecule has 1 aromatic carbocycles. The number of nitrogens with one attached hydrogen (secondary N) is 1. The SMILES string of the molecule is Cc1cc(Cl)nc(Cl)c1NCc1cn(C)c2ccccc12. The number of halogens is 2. The second-order valence-electron chi connectivity index (χ2n) is 5.06. The van der Waals surface area contributed by atoms with Gasteiger partial charge in [-0.05, 0) is 30.2 Å². The largest absolute Gasteiger partial charge is 0.378 e. The number of nitrogens with zero attached hydrogens (tertiary/aromatic N) is 2. The molecule has 0 saturated heterocycles. The first-order valence-electron chi connectivity index (χ1n) is 6.65. The third kappa shape index (κ3) is 2.71. The van der Waals surface area contributed by atoms with Crippen molar-refractivity contribution in [1.29, 1.82) is 0 Å². The number of benzene rings is 1. The highest BCUT2D eigenvalue weighted by Gasteiger charge is 2.10. The van der Waals surface area contributed by atoms with Crippen molar-refractivity contribution in [2.24, 2.45) is 7.05 Å². The minimum atomic E-state index is 0.403. The van der Waals surface area contributed by atoms with Crippen LogP contribution in [0.2, 0.25) is 10.3 Å². The Hall–Kier alpha value is -1.71. The van der Waals surface area contributed by atoms with E-state index in [-0.39, 0.29) is 0 Å².